The molecule has 5 aromatic rings. The Balaban J connectivity index is 1.20. The fraction of sp³-hybridized carbons (Fsp3) is 0.214. The highest BCUT2D eigenvalue weighted by Gasteiger charge is 2.28. The quantitative estimate of drug-likeness (QED) is 0.359. The fourth-order valence-electron chi connectivity index (χ4n) is 4.96. The number of carbonyl (C=O) groups is 2. The third kappa shape index (κ3) is 4.34. The fourth-order valence-corrected chi connectivity index (χ4v) is 4.96. The Morgan fingerprint density at radius 3 is 3.00 bits per heavy atom. The Hall–Kier alpha value is -4.73. The molecule has 2 amide bonds. The second-order valence-corrected chi connectivity index (χ2v) is 9.35. The number of H-pyrrole nitrogens is 1. The van der Waals surface area contributed by atoms with Gasteiger partial charge < -0.3 is 19.4 Å². The Labute approximate surface area is 217 Å². The first-order valence-electron chi connectivity index (χ1n) is 12.3. The minimum atomic E-state index is -0.431. The highest BCUT2D eigenvalue weighted by atomic mass is 19.1. The summed E-state index contributed by atoms with van der Waals surface area (Å²) >= 11 is 0. The van der Waals surface area contributed by atoms with Gasteiger partial charge in [0.05, 0.1) is 19.2 Å². The van der Waals surface area contributed by atoms with Crippen LogP contribution < -0.4 is 10.1 Å². The highest BCUT2D eigenvalue weighted by molar-refractivity contribution is 6.01. The Bertz CT molecular complexity index is 1680. The number of fused-ring (bicyclic) bond motifs is 2. The number of rotatable bonds is 6. The molecule has 2 N–H and O–H groups in total. The van der Waals surface area contributed by atoms with Gasteiger partial charge >= 0.3 is 0 Å². The summed E-state index contributed by atoms with van der Waals surface area (Å²) in [4.78, 5) is 31.7. The van der Waals surface area contributed by atoms with Crippen LogP contribution in [0.5, 0.6) is 5.75 Å². The van der Waals surface area contributed by atoms with Gasteiger partial charge in [0.15, 0.2) is 0 Å². The van der Waals surface area contributed by atoms with E-state index in [4.69, 9.17) is 4.74 Å². The van der Waals surface area contributed by atoms with Crippen LogP contribution in [0.2, 0.25) is 0 Å². The number of methoxy groups -OCH3 is 1. The van der Waals surface area contributed by atoms with Gasteiger partial charge in [-0.2, -0.15) is 5.10 Å². The SMILES string of the molecule is COc1cccc(F)c1CN1C[C@@H](NC(=O)c2ccc3[nH]nc(-c4ccc5nccn5c4)c3c2)CCC1=O. The number of hydrogen-bond donors (Lipinski definition) is 2. The molecule has 2 aromatic carbocycles. The lowest BCUT2D eigenvalue weighted by Crippen LogP contribution is -2.49. The molecule has 38 heavy (non-hydrogen) atoms. The molecule has 3 aromatic heterocycles. The monoisotopic (exact) mass is 512 g/mol. The van der Waals surface area contributed by atoms with Crippen LogP contribution in [0.4, 0.5) is 4.39 Å². The summed E-state index contributed by atoms with van der Waals surface area (Å²) in [6.45, 7) is 0.360. The maximum Gasteiger partial charge on any atom is 0.251 e. The third-order valence-corrected chi connectivity index (χ3v) is 6.97. The summed E-state index contributed by atoms with van der Waals surface area (Å²) in [6, 6.07) is 13.6. The van der Waals surface area contributed by atoms with Gasteiger partial charge in [0.2, 0.25) is 5.91 Å². The van der Waals surface area contributed by atoms with Crippen molar-refractivity contribution >= 4 is 28.4 Å². The molecule has 9 nitrogen and oxygen atoms in total. The predicted octanol–water partition coefficient (Wildman–Crippen LogP) is 3.95. The molecule has 0 spiro atoms. The minimum Gasteiger partial charge on any atom is -0.496 e. The molecule has 6 rings (SSSR count). The van der Waals surface area contributed by atoms with Gasteiger partial charge in [-0.15, -0.1) is 0 Å². The van der Waals surface area contributed by atoms with Crippen molar-refractivity contribution in [1.29, 1.82) is 0 Å². The average Bonchev–Trinajstić information content (AvgIpc) is 3.57. The van der Waals surface area contributed by atoms with Crippen molar-refractivity contribution < 1.29 is 18.7 Å². The first-order chi connectivity index (χ1) is 18.5. The standard InChI is InChI=1S/C28H25FN6O3/c1-38-24-4-2-3-22(29)21(24)16-35-15-19(7-10-26(35)36)31-28(37)17-5-8-23-20(13-17)27(33-32-23)18-6-9-25-30-11-12-34(25)14-18/h2-6,8-9,11-14,19H,7,10,15-16H2,1H3,(H,31,37)(H,32,33)/t19-/m0/s1. The van der Waals surface area contributed by atoms with Crippen molar-refractivity contribution in [2.24, 2.45) is 0 Å². The van der Waals surface area contributed by atoms with Crippen LogP contribution >= 0.6 is 0 Å². The average molecular weight is 513 g/mol. The first-order valence-corrected chi connectivity index (χ1v) is 12.3. The molecular weight excluding hydrogens is 487 g/mol. The number of hydrogen-bond acceptors (Lipinski definition) is 5. The van der Waals surface area contributed by atoms with Crippen molar-refractivity contribution in [2.75, 3.05) is 13.7 Å². The van der Waals surface area contributed by atoms with E-state index in [0.29, 0.717) is 23.3 Å². The topological polar surface area (TPSA) is 105 Å². The van der Waals surface area contributed by atoms with E-state index in [0.717, 1.165) is 27.8 Å². The van der Waals surface area contributed by atoms with Gasteiger partial charge in [0.25, 0.3) is 5.91 Å². The highest BCUT2D eigenvalue weighted by Crippen LogP contribution is 2.28. The normalized spacial score (nSPS) is 15.8. The maximum atomic E-state index is 14.5. The number of aromatic nitrogens is 4. The van der Waals surface area contributed by atoms with Crippen LogP contribution in [0.25, 0.3) is 27.8 Å². The number of piperidine rings is 1. The molecule has 0 aliphatic carbocycles. The van der Waals surface area contributed by atoms with Gasteiger partial charge in [-0.05, 0) is 48.9 Å². The Kier molecular flexibility index (Phi) is 5.99. The molecule has 4 heterocycles. The lowest BCUT2D eigenvalue weighted by molar-refractivity contribution is -0.134. The molecule has 10 heteroatoms. The van der Waals surface area contributed by atoms with E-state index >= 15 is 0 Å². The van der Waals surface area contributed by atoms with Crippen LogP contribution in [0.15, 0.2) is 67.1 Å². The Morgan fingerprint density at radius 1 is 1.24 bits per heavy atom. The van der Waals surface area contributed by atoms with Crippen LogP contribution in [0.1, 0.15) is 28.8 Å². The summed E-state index contributed by atoms with van der Waals surface area (Å²) in [5.74, 6) is -0.368. The zero-order chi connectivity index (χ0) is 26.2. The number of imidazole rings is 1. The Morgan fingerprint density at radius 2 is 2.13 bits per heavy atom. The summed E-state index contributed by atoms with van der Waals surface area (Å²) in [6.07, 6.45) is 6.33. The molecule has 1 aliphatic rings. The van der Waals surface area contributed by atoms with Crippen molar-refractivity contribution in [3.05, 3.63) is 84.1 Å². The second kappa shape index (κ2) is 9.62. The van der Waals surface area contributed by atoms with Crippen LogP contribution in [0, 0.1) is 5.82 Å². The number of amides is 2. The first kappa shape index (κ1) is 23.7. The number of nitrogens with zero attached hydrogens (tertiary/aromatic N) is 4. The predicted molar refractivity (Wildman–Crippen MR) is 139 cm³/mol. The van der Waals surface area contributed by atoms with Gasteiger partial charge in [-0.3, -0.25) is 14.7 Å². The number of halogens is 1. The van der Waals surface area contributed by atoms with Crippen LogP contribution in [0.3, 0.4) is 0 Å². The van der Waals surface area contributed by atoms with E-state index in [1.54, 1.807) is 29.3 Å². The van der Waals surface area contributed by atoms with E-state index < -0.39 is 5.82 Å². The number of ether oxygens (including phenoxy) is 1. The van der Waals surface area contributed by atoms with E-state index in [9.17, 15) is 14.0 Å². The smallest absolute Gasteiger partial charge is 0.251 e. The lowest BCUT2D eigenvalue weighted by atomic mass is 10.0. The van der Waals surface area contributed by atoms with Gasteiger partial charge in [0, 0.05) is 59.7 Å². The number of likely N-dealkylation sites (tertiary alicyclic amines) is 1. The molecular formula is C28H25FN6O3. The summed E-state index contributed by atoms with van der Waals surface area (Å²) in [5, 5.41) is 11.4. The molecule has 192 valence electrons. The molecule has 0 unspecified atom stereocenters. The van der Waals surface area contributed by atoms with Gasteiger partial charge in [-0.25, -0.2) is 9.37 Å². The maximum absolute atomic E-state index is 14.5. The van der Waals surface area contributed by atoms with E-state index in [1.807, 2.05) is 41.1 Å². The van der Waals surface area contributed by atoms with E-state index in [-0.39, 0.29) is 37.4 Å². The van der Waals surface area contributed by atoms with Crippen LogP contribution in [-0.4, -0.2) is 56.0 Å². The molecule has 1 atom stereocenters. The number of nitrogens with one attached hydrogen (secondary N) is 2. The molecule has 1 saturated heterocycles. The number of carbonyl (C=O) groups excluding carboxylic acids is 2. The van der Waals surface area contributed by atoms with Gasteiger partial charge in [0.1, 0.15) is 22.9 Å². The molecule has 0 saturated carbocycles. The van der Waals surface area contributed by atoms with Crippen LogP contribution in [-0.2, 0) is 11.3 Å². The molecule has 1 aliphatic heterocycles. The number of benzene rings is 2. The van der Waals surface area contributed by atoms with Crippen molar-refractivity contribution in [3.63, 3.8) is 0 Å². The summed E-state index contributed by atoms with van der Waals surface area (Å²) in [7, 11) is 1.47. The lowest BCUT2D eigenvalue weighted by Gasteiger charge is -2.33. The summed E-state index contributed by atoms with van der Waals surface area (Å²) in [5.41, 5.74) is 4.09. The van der Waals surface area contributed by atoms with Gasteiger partial charge in [-0.1, -0.05) is 6.07 Å². The summed E-state index contributed by atoms with van der Waals surface area (Å²) < 4.78 is 21.7. The van der Waals surface area contributed by atoms with Crippen molar-refractivity contribution in [3.8, 4) is 17.0 Å². The second-order valence-electron chi connectivity index (χ2n) is 9.35. The zero-order valence-corrected chi connectivity index (χ0v) is 20.6. The number of pyridine rings is 1. The van der Waals surface area contributed by atoms with Crippen molar-refractivity contribution in [2.45, 2.75) is 25.4 Å². The third-order valence-electron chi connectivity index (χ3n) is 6.97. The van der Waals surface area contributed by atoms with E-state index in [2.05, 4.69) is 20.5 Å². The molecule has 0 radical (unpaired) electrons. The molecule has 1 fully saturated rings. The number of aromatic amines is 1. The zero-order valence-electron chi connectivity index (χ0n) is 20.6. The largest absolute Gasteiger partial charge is 0.496 e. The molecule has 0 bridgehead atoms. The van der Waals surface area contributed by atoms with E-state index in [1.165, 1.54) is 13.2 Å². The minimum absolute atomic E-state index is 0.0760. The van der Waals surface area contributed by atoms with Crippen molar-refractivity contribution in [1.82, 2.24) is 29.8 Å².